The Morgan fingerprint density at radius 2 is 1.87 bits per heavy atom. The molecule has 0 aliphatic carbocycles. The van der Waals surface area contributed by atoms with Gasteiger partial charge in [-0.05, 0) is 31.2 Å². The van der Waals surface area contributed by atoms with Crippen LogP contribution < -0.4 is 14.8 Å². The lowest BCUT2D eigenvalue weighted by Gasteiger charge is -2.11. The van der Waals surface area contributed by atoms with Gasteiger partial charge in [0.2, 0.25) is 0 Å². The van der Waals surface area contributed by atoms with E-state index < -0.39 is 0 Å². The second-order valence-electron chi connectivity index (χ2n) is 4.65. The van der Waals surface area contributed by atoms with Crippen molar-refractivity contribution in [1.82, 2.24) is 8.75 Å². The predicted molar refractivity (Wildman–Crippen MR) is 89.2 cm³/mol. The van der Waals surface area contributed by atoms with Gasteiger partial charge in [0.25, 0.3) is 5.91 Å². The first kappa shape index (κ1) is 15.2. The summed E-state index contributed by atoms with van der Waals surface area (Å²) in [6.07, 6.45) is 0. The van der Waals surface area contributed by atoms with Gasteiger partial charge in [0.1, 0.15) is 11.0 Å². The number of ether oxygens (including phenoxy) is 2. The third-order valence-electron chi connectivity index (χ3n) is 3.07. The van der Waals surface area contributed by atoms with Crippen LogP contribution in [0, 0.1) is 0 Å². The summed E-state index contributed by atoms with van der Waals surface area (Å²) < 4.78 is 19.3. The van der Waals surface area contributed by atoms with Crippen LogP contribution in [0.2, 0.25) is 0 Å². The average Bonchev–Trinajstić information content (AvgIpc) is 3.04. The summed E-state index contributed by atoms with van der Waals surface area (Å²) in [7, 11) is 0. The number of nitrogens with one attached hydrogen (secondary N) is 1. The molecule has 1 N–H and O–H groups in total. The largest absolute Gasteiger partial charge is 0.490 e. The number of carbonyl (C=O) groups excluding carboxylic acids is 1. The number of aromatic nitrogens is 2. The lowest BCUT2D eigenvalue weighted by atomic mass is 10.2. The zero-order chi connectivity index (χ0) is 16.1. The molecule has 0 radical (unpaired) electrons. The predicted octanol–water partition coefficient (Wildman–Crippen LogP) is 3.11. The molecule has 0 fully saturated rings. The highest BCUT2D eigenvalue weighted by molar-refractivity contribution is 7.00. The first-order valence-electron chi connectivity index (χ1n) is 7.13. The number of nitrogens with zero attached hydrogens (tertiary/aromatic N) is 2. The normalized spacial score (nSPS) is 10.5. The second-order valence-corrected chi connectivity index (χ2v) is 5.18. The number of hydrogen-bond donors (Lipinski definition) is 1. The summed E-state index contributed by atoms with van der Waals surface area (Å²) in [5, 5.41) is 2.79. The molecule has 6 nitrogen and oxygen atoms in total. The van der Waals surface area contributed by atoms with E-state index in [2.05, 4.69) is 14.1 Å². The number of rotatable bonds is 6. The van der Waals surface area contributed by atoms with E-state index in [1.54, 1.807) is 18.2 Å². The molecular formula is C16H15N3O3S. The molecular weight excluding hydrogens is 314 g/mol. The van der Waals surface area contributed by atoms with Crippen molar-refractivity contribution in [2.75, 3.05) is 18.5 Å². The van der Waals surface area contributed by atoms with Crippen LogP contribution in [0.4, 0.5) is 5.69 Å². The van der Waals surface area contributed by atoms with Crippen molar-refractivity contribution in [3.05, 3.63) is 42.5 Å². The number of anilines is 1. The van der Waals surface area contributed by atoms with Gasteiger partial charge in [-0.3, -0.25) is 4.79 Å². The van der Waals surface area contributed by atoms with Gasteiger partial charge in [0.15, 0.2) is 18.1 Å². The van der Waals surface area contributed by atoms with Crippen LogP contribution in [0.5, 0.6) is 11.5 Å². The van der Waals surface area contributed by atoms with Crippen LogP contribution in [-0.4, -0.2) is 27.9 Å². The van der Waals surface area contributed by atoms with E-state index in [9.17, 15) is 4.79 Å². The number of carbonyl (C=O) groups is 1. The molecule has 1 heterocycles. The molecule has 0 aliphatic rings. The van der Waals surface area contributed by atoms with Gasteiger partial charge in [-0.1, -0.05) is 18.2 Å². The molecule has 0 saturated carbocycles. The van der Waals surface area contributed by atoms with Crippen LogP contribution in [-0.2, 0) is 4.79 Å². The molecule has 3 aromatic rings. The molecule has 0 saturated heterocycles. The molecule has 118 valence electrons. The third kappa shape index (κ3) is 3.57. The van der Waals surface area contributed by atoms with Gasteiger partial charge in [0.05, 0.1) is 24.0 Å². The summed E-state index contributed by atoms with van der Waals surface area (Å²) in [5.41, 5.74) is 2.07. The van der Waals surface area contributed by atoms with Crippen molar-refractivity contribution in [2.45, 2.75) is 6.92 Å². The topological polar surface area (TPSA) is 73.3 Å². The zero-order valence-electron chi connectivity index (χ0n) is 12.5. The maximum Gasteiger partial charge on any atom is 0.262 e. The smallest absolute Gasteiger partial charge is 0.262 e. The highest BCUT2D eigenvalue weighted by atomic mass is 32.1. The van der Waals surface area contributed by atoms with Crippen molar-refractivity contribution in [2.24, 2.45) is 0 Å². The van der Waals surface area contributed by atoms with E-state index in [4.69, 9.17) is 9.47 Å². The fraction of sp³-hybridized carbons (Fsp3) is 0.188. The van der Waals surface area contributed by atoms with E-state index in [0.717, 1.165) is 17.2 Å². The quantitative estimate of drug-likeness (QED) is 0.752. The van der Waals surface area contributed by atoms with Crippen molar-refractivity contribution in [1.29, 1.82) is 0 Å². The molecule has 1 aromatic heterocycles. The zero-order valence-corrected chi connectivity index (χ0v) is 13.3. The third-order valence-corrected chi connectivity index (χ3v) is 3.61. The van der Waals surface area contributed by atoms with E-state index >= 15 is 0 Å². The number of para-hydroxylation sites is 2. The number of amides is 1. The first-order chi connectivity index (χ1) is 11.3. The number of fused-ring (bicyclic) bond motifs is 1. The van der Waals surface area contributed by atoms with Crippen molar-refractivity contribution in [3.63, 3.8) is 0 Å². The fourth-order valence-corrected chi connectivity index (χ4v) is 2.63. The summed E-state index contributed by atoms with van der Waals surface area (Å²) in [4.78, 5) is 12.1. The highest BCUT2D eigenvalue weighted by Gasteiger charge is 2.10. The maximum atomic E-state index is 12.1. The Morgan fingerprint density at radius 1 is 1.09 bits per heavy atom. The average molecular weight is 329 g/mol. The molecule has 0 unspecified atom stereocenters. The van der Waals surface area contributed by atoms with Crippen LogP contribution in [0.1, 0.15) is 6.92 Å². The Balaban J connectivity index is 1.65. The van der Waals surface area contributed by atoms with Crippen molar-refractivity contribution in [3.8, 4) is 11.5 Å². The first-order valence-corrected chi connectivity index (χ1v) is 7.86. The SMILES string of the molecule is CCOc1ccccc1OCC(=O)Nc1cccc2nsnc12. The van der Waals surface area contributed by atoms with Gasteiger partial charge in [-0.2, -0.15) is 8.75 Å². The van der Waals surface area contributed by atoms with Crippen LogP contribution in [0.3, 0.4) is 0 Å². The van der Waals surface area contributed by atoms with Crippen LogP contribution >= 0.6 is 11.7 Å². The van der Waals surface area contributed by atoms with E-state index in [-0.39, 0.29) is 12.5 Å². The Morgan fingerprint density at radius 3 is 2.65 bits per heavy atom. The maximum absolute atomic E-state index is 12.1. The lowest BCUT2D eigenvalue weighted by molar-refractivity contribution is -0.118. The van der Waals surface area contributed by atoms with Crippen LogP contribution in [0.25, 0.3) is 11.0 Å². The minimum absolute atomic E-state index is 0.113. The van der Waals surface area contributed by atoms with Gasteiger partial charge in [0, 0.05) is 0 Å². The standard InChI is InChI=1S/C16H15N3O3S/c1-2-21-13-8-3-4-9-14(13)22-10-15(20)17-11-6-5-7-12-16(11)19-23-18-12/h3-9H,2,10H2,1H3,(H,17,20). The highest BCUT2D eigenvalue weighted by Crippen LogP contribution is 2.26. The lowest BCUT2D eigenvalue weighted by Crippen LogP contribution is -2.20. The molecule has 0 bridgehead atoms. The Labute approximate surface area is 137 Å². The number of hydrogen-bond acceptors (Lipinski definition) is 6. The van der Waals surface area contributed by atoms with Gasteiger partial charge >= 0.3 is 0 Å². The summed E-state index contributed by atoms with van der Waals surface area (Å²) in [5.74, 6) is 0.892. The Kier molecular flexibility index (Phi) is 4.68. The van der Waals surface area contributed by atoms with Gasteiger partial charge < -0.3 is 14.8 Å². The molecule has 7 heteroatoms. The molecule has 0 aliphatic heterocycles. The fourth-order valence-electron chi connectivity index (χ4n) is 2.08. The van der Waals surface area contributed by atoms with E-state index in [0.29, 0.717) is 29.3 Å². The molecule has 2 aromatic carbocycles. The van der Waals surface area contributed by atoms with Gasteiger partial charge in [-0.25, -0.2) is 0 Å². The molecule has 3 rings (SSSR count). The second kappa shape index (κ2) is 7.06. The van der Waals surface area contributed by atoms with Crippen LogP contribution in [0.15, 0.2) is 42.5 Å². The molecule has 23 heavy (non-hydrogen) atoms. The Hall–Kier alpha value is -2.67. The Bertz CT molecular complexity index is 819. The molecule has 0 spiro atoms. The van der Waals surface area contributed by atoms with E-state index in [1.807, 2.05) is 31.2 Å². The van der Waals surface area contributed by atoms with E-state index in [1.165, 1.54) is 0 Å². The molecule has 1 amide bonds. The number of benzene rings is 2. The minimum atomic E-state index is -0.267. The van der Waals surface area contributed by atoms with Gasteiger partial charge in [-0.15, -0.1) is 0 Å². The monoisotopic (exact) mass is 329 g/mol. The molecule has 0 atom stereocenters. The van der Waals surface area contributed by atoms with Crippen molar-refractivity contribution < 1.29 is 14.3 Å². The van der Waals surface area contributed by atoms with Crippen molar-refractivity contribution >= 4 is 34.4 Å². The summed E-state index contributed by atoms with van der Waals surface area (Å²) in [6, 6.07) is 12.7. The minimum Gasteiger partial charge on any atom is -0.490 e. The summed E-state index contributed by atoms with van der Waals surface area (Å²) in [6.45, 7) is 2.31. The summed E-state index contributed by atoms with van der Waals surface area (Å²) >= 11 is 1.11.